The molecule has 2 atom stereocenters. The van der Waals surface area contributed by atoms with Gasteiger partial charge < -0.3 is 15.0 Å². The molecule has 194 valence electrons. The molecular formula is C23H17ClF5N5O3. The normalized spacial score (nSPS) is 18.5. The third-order valence-corrected chi connectivity index (χ3v) is 6.53. The number of nitrogens with zero attached hydrogens (tertiary/aromatic N) is 3. The minimum absolute atomic E-state index is 0.00561. The number of halogens is 6. The predicted molar refractivity (Wildman–Crippen MR) is 121 cm³/mol. The molecule has 0 radical (unpaired) electrons. The van der Waals surface area contributed by atoms with Gasteiger partial charge in [0.25, 0.3) is 11.4 Å². The van der Waals surface area contributed by atoms with E-state index in [1.807, 2.05) is 0 Å². The summed E-state index contributed by atoms with van der Waals surface area (Å²) < 4.78 is 70.4. The van der Waals surface area contributed by atoms with Crippen LogP contribution in [-0.4, -0.2) is 44.9 Å². The molecule has 14 heteroatoms. The molecule has 2 aromatic heterocycles. The number of amides is 2. The van der Waals surface area contributed by atoms with Gasteiger partial charge in [0, 0.05) is 29.4 Å². The molecule has 1 aromatic carbocycles. The molecule has 2 aliphatic heterocycles. The minimum atomic E-state index is -4.67. The van der Waals surface area contributed by atoms with Crippen molar-refractivity contribution in [1.82, 2.24) is 20.1 Å². The number of aromatic amines is 1. The van der Waals surface area contributed by atoms with Crippen LogP contribution in [0.4, 0.5) is 32.4 Å². The largest absolute Gasteiger partial charge is 0.466 e. The fourth-order valence-corrected chi connectivity index (χ4v) is 4.96. The first-order valence-corrected chi connectivity index (χ1v) is 11.4. The maximum Gasteiger partial charge on any atom is 0.422 e. The van der Waals surface area contributed by atoms with Gasteiger partial charge in [-0.3, -0.25) is 4.79 Å². The lowest BCUT2D eigenvalue weighted by molar-refractivity contribution is -0.154. The van der Waals surface area contributed by atoms with Crippen LogP contribution in [0, 0.1) is 11.6 Å². The number of pyridine rings is 1. The molecule has 0 aliphatic carbocycles. The lowest BCUT2D eigenvalue weighted by Gasteiger charge is -2.35. The number of alkyl halides is 3. The number of urea groups is 1. The average Bonchev–Trinajstić information content (AvgIpc) is 3.14. The summed E-state index contributed by atoms with van der Waals surface area (Å²) in [5, 5.41) is 8.92. The van der Waals surface area contributed by atoms with Crippen molar-refractivity contribution < 1.29 is 31.5 Å². The minimum Gasteiger partial charge on any atom is -0.466 e. The van der Waals surface area contributed by atoms with Crippen LogP contribution < -0.4 is 15.6 Å². The van der Waals surface area contributed by atoms with Crippen molar-refractivity contribution in [3.8, 4) is 17.0 Å². The van der Waals surface area contributed by atoms with E-state index in [4.69, 9.17) is 11.6 Å². The van der Waals surface area contributed by atoms with Gasteiger partial charge in [0.2, 0.25) is 0 Å². The molecule has 0 unspecified atom stereocenters. The van der Waals surface area contributed by atoms with E-state index in [0.717, 1.165) is 30.0 Å². The van der Waals surface area contributed by atoms with Crippen LogP contribution in [0.25, 0.3) is 11.1 Å². The Bertz CT molecular complexity index is 1450. The Morgan fingerprint density at radius 2 is 1.97 bits per heavy atom. The number of hydrogen-bond acceptors (Lipinski definition) is 5. The third-order valence-electron chi connectivity index (χ3n) is 6.22. The first-order chi connectivity index (χ1) is 17.5. The molecule has 2 amide bonds. The molecule has 1 saturated heterocycles. The summed E-state index contributed by atoms with van der Waals surface area (Å²) in [7, 11) is 0. The number of anilines is 1. The second-order valence-corrected chi connectivity index (χ2v) is 9.07. The Morgan fingerprint density at radius 3 is 2.70 bits per heavy atom. The van der Waals surface area contributed by atoms with Crippen LogP contribution in [0.3, 0.4) is 0 Å². The van der Waals surface area contributed by atoms with Crippen molar-refractivity contribution in [1.29, 1.82) is 0 Å². The Balaban J connectivity index is 1.35. The molecule has 1 fully saturated rings. The van der Waals surface area contributed by atoms with Crippen molar-refractivity contribution in [3.05, 3.63) is 68.7 Å². The molecular weight excluding hydrogens is 525 g/mol. The number of ether oxygens (including phenoxy) is 1. The summed E-state index contributed by atoms with van der Waals surface area (Å²) in [5.41, 5.74) is 0.808. The van der Waals surface area contributed by atoms with Crippen LogP contribution in [-0.2, 0) is 6.42 Å². The van der Waals surface area contributed by atoms with Crippen molar-refractivity contribution in [2.45, 2.75) is 37.5 Å². The maximum atomic E-state index is 15.0. The van der Waals surface area contributed by atoms with Crippen molar-refractivity contribution in [3.63, 3.8) is 0 Å². The second-order valence-electron chi connectivity index (χ2n) is 8.66. The summed E-state index contributed by atoms with van der Waals surface area (Å²) in [5.74, 6) is -2.93. The summed E-state index contributed by atoms with van der Waals surface area (Å²) in [6, 6.07) is 3.24. The van der Waals surface area contributed by atoms with E-state index in [0.29, 0.717) is 25.0 Å². The number of carbonyl (C=O) groups is 1. The van der Waals surface area contributed by atoms with Gasteiger partial charge in [-0.1, -0.05) is 11.6 Å². The summed E-state index contributed by atoms with van der Waals surface area (Å²) in [6.45, 7) is -1.72. The van der Waals surface area contributed by atoms with E-state index in [9.17, 15) is 31.5 Å². The highest BCUT2D eigenvalue weighted by atomic mass is 35.5. The van der Waals surface area contributed by atoms with Crippen LogP contribution in [0.1, 0.15) is 30.1 Å². The van der Waals surface area contributed by atoms with Gasteiger partial charge in [-0.2, -0.15) is 18.3 Å². The monoisotopic (exact) mass is 541 g/mol. The molecule has 2 aliphatic rings. The molecule has 8 nitrogen and oxygen atoms in total. The number of rotatable bonds is 4. The Hall–Kier alpha value is -3.74. The number of nitrogens with one attached hydrogen (secondary N) is 2. The Labute approximate surface area is 210 Å². The van der Waals surface area contributed by atoms with Gasteiger partial charge >= 0.3 is 12.2 Å². The highest BCUT2D eigenvalue weighted by molar-refractivity contribution is 6.33. The lowest BCUT2D eigenvalue weighted by atomic mass is 9.99. The quantitative estimate of drug-likeness (QED) is 0.453. The van der Waals surface area contributed by atoms with Gasteiger partial charge in [0.05, 0.1) is 22.4 Å². The number of hydrogen-bond donors (Lipinski definition) is 2. The number of carbonyl (C=O) groups excluding carboxylic acids is 1. The van der Waals surface area contributed by atoms with Crippen molar-refractivity contribution >= 4 is 23.3 Å². The number of H-pyrrole nitrogens is 1. The summed E-state index contributed by atoms with van der Waals surface area (Å²) >= 11 is 6.26. The van der Waals surface area contributed by atoms with Crippen molar-refractivity contribution in [2.24, 2.45) is 0 Å². The first-order valence-electron chi connectivity index (χ1n) is 11.0. The zero-order valence-corrected chi connectivity index (χ0v) is 19.5. The first kappa shape index (κ1) is 24.9. The molecule has 0 spiro atoms. The molecule has 5 rings (SSSR count). The van der Waals surface area contributed by atoms with E-state index < -0.39 is 36.3 Å². The summed E-state index contributed by atoms with van der Waals surface area (Å²) in [6.07, 6.45) is -1.92. The van der Waals surface area contributed by atoms with E-state index in [1.54, 1.807) is 4.90 Å². The van der Waals surface area contributed by atoms with Gasteiger partial charge in [-0.05, 0) is 43.0 Å². The van der Waals surface area contributed by atoms with E-state index in [1.165, 1.54) is 6.07 Å². The van der Waals surface area contributed by atoms with E-state index in [2.05, 4.69) is 25.2 Å². The second kappa shape index (κ2) is 9.29. The standard InChI is InChI=1S/C23H17ClF5N5O3/c24-14-7-17(15(25)6-13(14)11-4-16(26)21(30-8-11)37-9-23(27,28)29)31-22(36)34-12-1-2-18(34)20-10(3-12)5-19(35)32-33-20/h4-8,12,18H,1-3,9H2,(H,31,36)(H,32,35)/t12-,18+/m0/s1. The van der Waals surface area contributed by atoms with Crippen LogP contribution in [0.15, 0.2) is 35.3 Å². The zero-order chi connectivity index (χ0) is 26.5. The predicted octanol–water partition coefficient (Wildman–Crippen LogP) is 5.00. The molecule has 37 heavy (non-hydrogen) atoms. The molecule has 2 N–H and O–H groups in total. The van der Waals surface area contributed by atoms with Gasteiger partial charge in [0.1, 0.15) is 5.82 Å². The summed E-state index contributed by atoms with van der Waals surface area (Å²) in [4.78, 5) is 29.8. The Kier molecular flexibility index (Phi) is 6.26. The van der Waals surface area contributed by atoms with Crippen molar-refractivity contribution in [2.75, 3.05) is 11.9 Å². The molecule has 3 aromatic rings. The van der Waals surface area contributed by atoms with Gasteiger partial charge in [-0.15, -0.1) is 0 Å². The Morgan fingerprint density at radius 1 is 1.19 bits per heavy atom. The highest BCUT2D eigenvalue weighted by Crippen LogP contribution is 2.43. The lowest BCUT2D eigenvalue weighted by Crippen LogP contribution is -2.45. The van der Waals surface area contributed by atoms with Crippen LogP contribution >= 0.6 is 11.6 Å². The maximum absolute atomic E-state index is 15.0. The van der Waals surface area contributed by atoms with E-state index >= 15 is 0 Å². The molecule has 4 heterocycles. The number of aromatic nitrogens is 3. The molecule has 2 bridgehead atoms. The van der Waals surface area contributed by atoms with Gasteiger partial charge in [0.15, 0.2) is 12.4 Å². The van der Waals surface area contributed by atoms with Crippen LogP contribution in [0.2, 0.25) is 5.02 Å². The third kappa shape index (κ3) is 4.95. The topological polar surface area (TPSA) is 100 Å². The number of benzene rings is 1. The smallest absolute Gasteiger partial charge is 0.422 e. The molecule has 0 saturated carbocycles. The van der Waals surface area contributed by atoms with Crippen LogP contribution in [0.5, 0.6) is 5.88 Å². The zero-order valence-electron chi connectivity index (χ0n) is 18.7. The highest BCUT2D eigenvalue weighted by Gasteiger charge is 2.44. The average molecular weight is 542 g/mol. The fraction of sp³-hybridized carbons (Fsp3) is 0.304. The van der Waals surface area contributed by atoms with Gasteiger partial charge in [-0.25, -0.2) is 23.7 Å². The number of fused-ring (bicyclic) bond motifs is 4. The van der Waals surface area contributed by atoms with E-state index in [-0.39, 0.29) is 39.5 Å². The SMILES string of the molecule is O=C(Nc1cc(Cl)c(-c2cnc(OCC(F)(F)F)c(F)c2)cc1F)N1[C@H]2CC[C@@H]1c1n[nH]c(=O)cc1C2. The fourth-order valence-electron chi connectivity index (χ4n) is 4.69.